The number of likely N-dealkylation sites (N-methyl/N-ethyl adjacent to an activating group) is 1. The summed E-state index contributed by atoms with van der Waals surface area (Å²) < 4.78 is 1.58. The number of aromatic nitrogens is 3. The summed E-state index contributed by atoms with van der Waals surface area (Å²) in [4.78, 5) is 16.9. The van der Waals surface area contributed by atoms with E-state index in [4.69, 9.17) is 5.11 Å². The predicted octanol–water partition coefficient (Wildman–Crippen LogP) is 2.74. The third-order valence-corrected chi connectivity index (χ3v) is 4.46. The third-order valence-electron chi connectivity index (χ3n) is 4.46. The number of benzene rings is 1. The average Bonchev–Trinajstić information content (AvgIpc) is 3.09. The third kappa shape index (κ3) is 4.91. The minimum absolute atomic E-state index is 0.0360. The number of carbonyl (C=O) groups is 1. The van der Waals surface area contributed by atoms with Crippen molar-refractivity contribution in [1.82, 2.24) is 19.9 Å². The molecule has 0 aliphatic carbocycles. The Morgan fingerprint density at radius 2 is 1.86 bits per heavy atom. The van der Waals surface area contributed by atoms with Gasteiger partial charge in [-0.25, -0.2) is 9.50 Å². The summed E-state index contributed by atoms with van der Waals surface area (Å²) in [5, 5.41) is 22.2. The highest BCUT2D eigenvalue weighted by molar-refractivity contribution is 6.03. The molecule has 0 fully saturated rings. The van der Waals surface area contributed by atoms with Gasteiger partial charge in [0, 0.05) is 18.8 Å². The summed E-state index contributed by atoms with van der Waals surface area (Å²) >= 11 is 0. The molecule has 1 aromatic carbocycles. The molecule has 8 nitrogen and oxygen atoms in total. The van der Waals surface area contributed by atoms with Crippen molar-refractivity contribution in [2.45, 2.75) is 26.2 Å². The standard InChI is InChI=1S/C21H26N6O2/c1-21(2,3)15-7-5-14(6-8-15)20(29)25-18-12-27-19(24-18)10-9-17(26-27)23-11-16(13-28)22-4/h5-12,22,28H,13H2,1-4H3,(H,23,26)(H,25,29)/b16-11-. The number of hydrogen-bond acceptors (Lipinski definition) is 6. The van der Waals surface area contributed by atoms with Crippen molar-refractivity contribution >= 4 is 23.2 Å². The normalized spacial score (nSPS) is 12.1. The van der Waals surface area contributed by atoms with Gasteiger partial charge in [-0.05, 0) is 35.2 Å². The van der Waals surface area contributed by atoms with Crippen LogP contribution in [0.4, 0.5) is 11.6 Å². The van der Waals surface area contributed by atoms with Crippen LogP contribution < -0.4 is 16.0 Å². The minimum atomic E-state index is -0.225. The Morgan fingerprint density at radius 3 is 2.48 bits per heavy atom. The molecule has 0 atom stereocenters. The number of amides is 1. The second-order valence-corrected chi connectivity index (χ2v) is 7.65. The molecule has 0 spiro atoms. The lowest BCUT2D eigenvalue weighted by Gasteiger charge is -2.18. The fraction of sp³-hybridized carbons (Fsp3) is 0.286. The van der Waals surface area contributed by atoms with Gasteiger partial charge in [0.15, 0.2) is 17.3 Å². The number of aliphatic hydroxyl groups is 1. The van der Waals surface area contributed by atoms with Crippen molar-refractivity contribution in [3.05, 3.63) is 65.6 Å². The topological polar surface area (TPSA) is 104 Å². The number of rotatable bonds is 6. The van der Waals surface area contributed by atoms with Gasteiger partial charge in [-0.1, -0.05) is 32.9 Å². The Labute approximate surface area is 169 Å². The molecule has 1 amide bonds. The van der Waals surface area contributed by atoms with Crippen LogP contribution in [0.1, 0.15) is 36.7 Å². The Balaban J connectivity index is 1.73. The number of aliphatic hydroxyl groups excluding tert-OH is 1. The van der Waals surface area contributed by atoms with Crippen LogP contribution in [-0.4, -0.2) is 39.3 Å². The van der Waals surface area contributed by atoms with E-state index in [-0.39, 0.29) is 17.9 Å². The fourth-order valence-corrected chi connectivity index (χ4v) is 2.69. The molecule has 4 N–H and O–H groups in total. The molecule has 0 saturated heterocycles. The van der Waals surface area contributed by atoms with Gasteiger partial charge in [0.25, 0.3) is 5.91 Å². The molecule has 0 radical (unpaired) electrons. The molecule has 2 heterocycles. The van der Waals surface area contributed by atoms with E-state index in [9.17, 15) is 4.79 Å². The van der Waals surface area contributed by atoms with Crippen LogP contribution in [0.15, 0.2) is 54.5 Å². The van der Waals surface area contributed by atoms with Gasteiger partial charge >= 0.3 is 0 Å². The summed E-state index contributed by atoms with van der Waals surface area (Å²) in [6, 6.07) is 11.1. The average molecular weight is 394 g/mol. The SMILES string of the molecule is CN/C(=C\Nc1ccc2nc(NC(=O)c3ccc(C(C)(C)C)cc3)cn2n1)CO. The lowest BCUT2D eigenvalue weighted by atomic mass is 9.87. The fourth-order valence-electron chi connectivity index (χ4n) is 2.69. The molecule has 3 aromatic rings. The number of fused-ring (bicyclic) bond motifs is 1. The quantitative estimate of drug-likeness (QED) is 0.513. The number of carbonyl (C=O) groups excluding carboxylic acids is 1. The van der Waals surface area contributed by atoms with Gasteiger partial charge in [-0.2, -0.15) is 0 Å². The van der Waals surface area contributed by atoms with Crippen molar-refractivity contribution in [3.63, 3.8) is 0 Å². The Morgan fingerprint density at radius 1 is 1.14 bits per heavy atom. The molecule has 0 unspecified atom stereocenters. The Kier molecular flexibility index (Phi) is 5.84. The van der Waals surface area contributed by atoms with Crippen LogP contribution in [0, 0.1) is 0 Å². The zero-order valence-electron chi connectivity index (χ0n) is 17.0. The van der Waals surface area contributed by atoms with Gasteiger partial charge in [-0.15, -0.1) is 5.10 Å². The lowest BCUT2D eigenvalue weighted by Crippen LogP contribution is -2.14. The van der Waals surface area contributed by atoms with Crippen molar-refractivity contribution < 1.29 is 9.90 Å². The first-order valence-electron chi connectivity index (χ1n) is 9.32. The van der Waals surface area contributed by atoms with Crippen molar-refractivity contribution in [2.75, 3.05) is 24.3 Å². The van der Waals surface area contributed by atoms with Crippen molar-refractivity contribution in [2.24, 2.45) is 0 Å². The van der Waals surface area contributed by atoms with E-state index in [1.807, 2.05) is 24.3 Å². The molecule has 152 valence electrons. The van der Waals surface area contributed by atoms with Gasteiger partial charge in [0.1, 0.15) is 0 Å². The van der Waals surface area contributed by atoms with Crippen LogP contribution in [-0.2, 0) is 5.41 Å². The van der Waals surface area contributed by atoms with Gasteiger partial charge in [0.05, 0.1) is 18.5 Å². The monoisotopic (exact) mass is 394 g/mol. The maximum atomic E-state index is 12.5. The zero-order valence-corrected chi connectivity index (χ0v) is 17.0. The van der Waals surface area contributed by atoms with E-state index in [2.05, 4.69) is 46.8 Å². The van der Waals surface area contributed by atoms with E-state index < -0.39 is 0 Å². The van der Waals surface area contributed by atoms with Gasteiger partial charge < -0.3 is 21.1 Å². The zero-order chi connectivity index (χ0) is 21.0. The van der Waals surface area contributed by atoms with E-state index in [0.717, 1.165) is 0 Å². The van der Waals surface area contributed by atoms with Crippen LogP contribution in [0.5, 0.6) is 0 Å². The molecule has 0 aliphatic heterocycles. The van der Waals surface area contributed by atoms with Crippen LogP contribution in [0.25, 0.3) is 5.65 Å². The molecule has 3 rings (SSSR count). The molecule has 0 saturated carbocycles. The van der Waals surface area contributed by atoms with Crippen LogP contribution >= 0.6 is 0 Å². The van der Waals surface area contributed by atoms with Gasteiger partial charge in [0.2, 0.25) is 0 Å². The first kappa shape index (κ1) is 20.3. The number of nitrogens with zero attached hydrogens (tertiary/aromatic N) is 3. The summed E-state index contributed by atoms with van der Waals surface area (Å²) in [7, 11) is 1.72. The molecular weight excluding hydrogens is 368 g/mol. The maximum absolute atomic E-state index is 12.5. The first-order valence-corrected chi connectivity index (χ1v) is 9.32. The highest BCUT2D eigenvalue weighted by atomic mass is 16.3. The van der Waals surface area contributed by atoms with E-state index >= 15 is 0 Å². The van der Waals surface area contributed by atoms with Gasteiger partial charge in [-0.3, -0.25) is 4.79 Å². The summed E-state index contributed by atoms with van der Waals surface area (Å²) in [6.07, 6.45) is 3.28. The second kappa shape index (κ2) is 8.32. The molecule has 8 heteroatoms. The van der Waals surface area contributed by atoms with E-state index in [0.29, 0.717) is 28.5 Å². The lowest BCUT2D eigenvalue weighted by molar-refractivity contribution is 0.102. The molecular formula is C21H26N6O2. The van der Waals surface area contributed by atoms with Crippen molar-refractivity contribution in [1.29, 1.82) is 0 Å². The summed E-state index contributed by atoms with van der Waals surface area (Å²) in [6.45, 7) is 6.29. The Bertz CT molecular complexity index is 1030. The maximum Gasteiger partial charge on any atom is 0.256 e. The molecule has 2 aromatic heterocycles. The largest absolute Gasteiger partial charge is 0.390 e. The number of nitrogens with one attached hydrogen (secondary N) is 3. The van der Waals surface area contributed by atoms with Crippen LogP contribution in [0.2, 0.25) is 0 Å². The molecule has 0 bridgehead atoms. The van der Waals surface area contributed by atoms with Crippen molar-refractivity contribution in [3.8, 4) is 0 Å². The smallest absolute Gasteiger partial charge is 0.256 e. The number of hydrogen-bond donors (Lipinski definition) is 4. The van der Waals surface area contributed by atoms with E-state index in [1.165, 1.54) is 5.56 Å². The highest BCUT2D eigenvalue weighted by Crippen LogP contribution is 2.22. The highest BCUT2D eigenvalue weighted by Gasteiger charge is 2.15. The Hall–Kier alpha value is -3.39. The van der Waals surface area contributed by atoms with Crippen LogP contribution in [0.3, 0.4) is 0 Å². The molecule has 29 heavy (non-hydrogen) atoms. The number of imidazole rings is 1. The molecule has 0 aliphatic rings. The predicted molar refractivity (Wildman–Crippen MR) is 114 cm³/mol. The minimum Gasteiger partial charge on any atom is -0.390 e. The first-order chi connectivity index (χ1) is 13.8. The second-order valence-electron chi connectivity index (χ2n) is 7.65. The summed E-state index contributed by atoms with van der Waals surface area (Å²) in [5.74, 6) is 0.768. The van der Waals surface area contributed by atoms with E-state index in [1.54, 1.807) is 36.1 Å². The summed E-state index contributed by atoms with van der Waals surface area (Å²) in [5.41, 5.74) is 3.01. The number of anilines is 2.